The summed E-state index contributed by atoms with van der Waals surface area (Å²) in [5, 5.41) is 0. The van der Waals surface area contributed by atoms with Crippen LogP contribution in [-0.2, 0) is 20.7 Å². The van der Waals surface area contributed by atoms with E-state index in [1.54, 1.807) is 13.8 Å². The van der Waals surface area contributed by atoms with Gasteiger partial charge >= 0.3 is 23.6 Å². The molecule has 1 heterocycles. The fourth-order valence-corrected chi connectivity index (χ4v) is 2.46. The van der Waals surface area contributed by atoms with Gasteiger partial charge in [-0.1, -0.05) is 0 Å². The molecule has 0 atom stereocenters. The maximum absolute atomic E-state index is 12.3. The van der Waals surface area contributed by atoms with Crippen molar-refractivity contribution in [2.24, 2.45) is 0 Å². The van der Waals surface area contributed by atoms with E-state index in [4.69, 9.17) is 4.74 Å². The molecule has 0 unspecified atom stereocenters. The van der Waals surface area contributed by atoms with Crippen molar-refractivity contribution in [3.05, 3.63) is 56.8 Å². The number of carbonyl (C=O) groups is 3. The Balaban J connectivity index is 2.30. The highest BCUT2D eigenvalue weighted by molar-refractivity contribution is 5.96. The van der Waals surface area contributed by atoms with Gasteiger partial charge in [0.15, 0.2) is 0 Å². The van der Waals surface area contributed by atoms with E-state index in [0.29, 0.717) is 17.0 Å². The Morgan fingerprint density at radius 1 is 1.00 bits per heavy atom. The minimum absolute atomic E-state index is 0.0176. The molecule has 0 radical (unpaired) electrons. The van der Waals surface area contributed by atoms with Gasteiger partial charge in [-0.15, -0.1) is 0 Å². The lowest BCUT2D eigenvalue weighted by atomic mass is 10.1. The zero-order valence-electron chi connectivity index (χ0n) is 15.2. The van der Waals surface area contributed by atoms with Gasteiger partial charge in [-0.2, -0.15) is 4.98 Å². The summed E-state index contributed by atoms with van der Waals surface area (Å²) in [5.74, 6) is -2.08. The van der Waals surface area contributed by atoms with Crippen LogP contribution < -0.4 is 10.4 Å². The summed E-state index contributed by atoms with van der Waals surface area (Å²) in [4.78, 5) is 53.4. The number of aromatic amines is 1. The molecule has 0 bridgehead atoms. The summed E-state index contributed by atoms with van der Waals surface area (Å²) >= 11 is 0. The molecular formula is C18H18N2O7. The number of benzene rings is 1. The fourth-order valence-electron chi connectivity index (χ4n) is 2.46. The number of aryl methyl sites for hydroxylation is 2. The first-order valence-corrected chi connectivity index (χ1v) is 7.84. The molecule has 0 aliphatic rings. The summed E-state index contributed by atoms with van der Waals surface area (Å²) in [6.07, 6.45) is -0.155. The molecule has 1 aromatic carbocycles. The zero-order valence-corrected chi connectivity index (χ0v) is 15.2. The van der Waals surface area contributed by atoms with Gasteiger partial charge in [0.25, 0.3) is 0 Å². The number of aromatic nitrogens is 2. The molecule has 0 aliphatic heterocycles. The first kappa shape index (κ1) is 19.8. The van der Waals surface area contributed by atoms with Crippen molar-refractivity contribution in [1.29, 1.82) is 0 Å². The third kappa shape index (κ3) is 4.78. The Bertz CT molecular complexity index is 902. The van der Waals surface area contributed by atoms with E-state index < -0.39 is 23.6 Å². The molecule has 0 aliphatic carbocycles. The number of H-pyrrole nitrogens is 1. The van der Waals surface area contributed by atoms with E-state index >= 15 is 0 Å². The molecule has 0 amide bonds. The molecule has 2 rings (SSSR count). The predicted octanol–water partition coefficient (Wildman–Crippen LogP) is 1.11. The van der Waals surface area contributed by atoms with Gasteiger partial charge in [-0.3, -0.25) is 4.79 Å². The Kier molecular flexibility index (Phi) is 6.07. The summed E-state index contributed by atoms with van der Waals surface area (Å²) in [7, 11) is 2.38. The topological polar surface area (TPSA) is 125 Å². The highest BCUT2D eigenvalue weighted by Gasteiger charge is 2.17. The van der Waals surface area contributed by atoms with E-state index in [1.165, 1.54) is 32.4 Å². The van der Waals surface area contributed by atoms with Gasteiger partial charge in [-0.05, 0) is 32.0 Å². The normalized spacial score (nSPS) is 10.2. The molecule has 0 fully saturated rings. The number of nitrogens with zero attached hydrogens (tertiary/aromatic N) is 1. The average Bonchev–Trinajstić information content (AvgIpc) is 2.62. The lowest BCUT2D eigenvalue weighted by molar-refractivity contribution is -0.133. The monoisotopic (exact) mass is 374 g/mol. The molecule has 2 aromatic rings. The van der Waals surface area contributed by atoms with Gasteiger partial charge in [0, 0.05) is 17.0 Å². The summed E-state index contributed by atoms with van der Waals surface area (Å²) in [6.45, 7) is 3.25. The molecule has 0 saturated heterocycles. The van der Waals surface area contributed by atoms with Crippen LogP contribution in [0.1, 0.15) is 37.7 Å². The second-order valence-corrected chi connectivity index (χ2v) is 5.61. The van der Waals surface area contributed by atoms with E-state index in [1.807, 2.05) is 0 Å². The van der Waals surface area contributed by atoms with Crippen LogP contribution in [0.4, 0.5) is 0 Å². The third-order valence-electron chi connectivity index (χ3n) is 3.75. The van der Waals surface area contributed by atoms with Crippen LogP contribution in [0.5, 0.6) is 5.75 Å². The summed E-state index contributed by atoms with van der Waals surface area (Å²) in [6, 6.07) is 3.83. The van der Waals surface area contributed by atoms with Crippen molar-refractivity contribution in [2.45, 2.75) is 20.3 Å². The lowest BCUT2D eigenvalue weighted by Gasteiger charge is -2.10. The zero-order chi connectivity index (χ0) is 20.1. The Labute approximate surface area is 154 Å². The number of hydrogen-bond donors (Lipinski definition) is 1. The SMILES string of the molecule is COC(=O)c1cc(OC(=O)Cc2c(C)nc(=O)[nH]c2C)cc(C(=O)OC)c1. The smallest absolute Gasteiger partial charge is 0.345 e. The van der Waals surface area contributed by atoms with E-state index in [0.717, 1.165) is 0 Å². The van der Waals surface area contributed by atoms with Crippen molar-refractivity contribution >= 4 is 17.9 Å². The van der Waals surface area contributed by atoms with Crippen LogP contribution in [0.2, 0.25) is 0 Å². The maximum Gasteiger partial charge on any atom is 0.345 e. The highest BCUT2D eigenvalue weighted by atomic mass is 16.5. The molecule has 27 heavy (non-hydrogen) atoms. The predicted molar refractivity (Wildman–Crippen MR) is 92.8 cm³/mol. The van der Waals surface area contributed by atoms with E-state index in [-0.39, 0.29) is 23.3 Å². The number of esters is 3. The molecule has 9 heteroatoms. The van der Waals surface area contributed by atoms with Crippen LogP contribution in [0.15, 0.2) is 23.0 Å². The largest absolute Gasteiger partial charge is 0.465 e. The van der Waals surface area contributed by atoms with Crippen LogP contribution in [-0.4, -0.2) is 42.1 Å². The van der Waals surface area contributed by atoms with Crippen molar-refractivity contribution < 1.29 is 28.6 Å². The second kappa shape index (κ2) is 8.26. The maximum atomic E-state index is 12.3. The molecule has 0 saturated carbocycles. The van der Waals surface area contributed by atoms with Gasteiger partial charge in [0.1, 0.15) is 5.75 Å². The lowest BCUT2D eigenvalue weighted by Crippen LogP contribution is -2.20. The van der Waals surface area contributed by atoms with Gasteiger partial charge in [-0.25, -0.2) is 14.4 Å². The van der Waals surface area contributed by atoms with Gasteiger partial charge in [0.2, 0.25) is 0 Å². The number of rotatable bonds is 5. The Hall–Kier alpha value is -3.49. The van der Waals surface area contributed by atoms with Crippen molar-refractivity contribution in [2.75, 3.05) is 14.2 Å². The number of nitrogens with one attached hydrogen (secondary N) is 1. The van der Waals surface area contributed by atoms with E-state index in [2.05, 4.69) is 19.4 Å². The molecule has 1 aromatic heterocycles. The highest BCUT2D eigenvalue weighted by Crippen LogP contribution is 2.20. The molecule has 1 N–H and O–H groups in total. The molecular weight excluding hydrogens is 356 g/mol. The van der Waals surface area contributed by atoms with Gasteiger partial charge < -0.3 is 19.2 Å². The van der Waals surface area contributed by atoms with Crippen LogP contribution in [0.25, 0.3) is 0 Å². The first-order valence-electron chi connectivity index (χ1n) is 7.84. The summed E-state index contributed by atoms with van der Waals surface area (Å²) < 4.78 is 14.5. The fraction of sp³-hybridized carbons (Fsp3) is 0.278. The number of hydrogen-bond acceptors (Lipinski definition) is 8. The molecule has 142 valence electrons. The van der Waals surface area contributed by atoms with Crippen LogP contribution in [0.3, 0.4) is 0 Å². The van der Waals surface area contributed by atoms with E-state index in [9.17, 15) is 19.2 Å². The minimum Gasteiger partial charge on any atom is -0.465 e. The number of methoxy groups -OCH3 is 2. The van der Waals surface area contributed by atoms with Crippen molar-refractivity contribution in [3.63, 3.8) is 0 Å². The Morgan fingerprint density at radius 3 is 2.04 bits per heavy atom. The molecule has 0 spiro atoms. The quantitative estimate of drug-likeness (QED) is 0.609. The van der Waals surface area contributed by atoms with Crippen LogP contribution in [0, 0.1) is 13.8 Å². The Morgan fingerprint density at radius 2 is 1.56 bits per heavy atom. The van der Waals surface area contributed by atoms with Gasteiger partial charge in [0.05, 0.1) is 31.8 Å². The minimum atomic E-state index is -0.699. The standard InChI is InChI=1S/C18H18N2O7/c1-9-14(10(2)20-18(24)19-9)8-15(21)27-13-6-11(16(22)25-3)5-12(7-13)17(23)26-4/h5-7H,8H2,1-4H3,(H,19,20,24). The number of carbonyl (C=O) groups excluding carboxylic acids is 3. The second-order valence-electron chi connectivity index (χ2n) is 5.61. The van der Waals surface area contributed by atoms with Crippen molar-refractivity contribution in [1.82, 2.24) is 9.97 Å². The molecule has 9 nitrogen and oxygen atoms in total. The average molecular weight is 374 g/mol. The summed E-state index contributed by atoms with van der Waals surface area (Å²) in [5.41, 5.74) is 0.991. The van der Waals surface area contributed by atoms with Crippen LogP contribution >= 0.6 is 0 Å². The van der Waals surface area contributed by atoms with Crippen molar-refractivity contribution in [3.8, 4) is 5.75 Å². The third-order valence-corrected chi connectivity index (χ3v) is 3.75. The number of ether oxygens (including phenoxy) is 3. The first-order chi connectivity index (χ1) is 12.7.